The van der Waals surface area contributed by atoms with E-state index < -0.39 is 0 Å². The second-order valence-electron chi connectivity index (χ2n) is 9.16. The van der Waals surface area contributed by atoms with Crippen LogP contribution in [-0.4, -0.2) is 69.8 Å². The normalized spacial score (nSPS) is 21.5. The Morgan fingerprint density at radius 1 is 1.03 bits per heavy atom. The van der Waals surface area contributed by atoms with Gasteiger partial charge < -0.3 is 4.90 Å². The maximum absolute atomic E-state index is 13.6. The summed E-state index contributed by atoms with van der Waals surface area (Å²) < 4.78 is 2.14. The highest BCUT2D eigenvalue weighted by molar-refractivity contribution is 7.15. The topological polar surface area (TPSA) is 44.1 Å². The first-order valence-electron chi connectivity index (χ1n) is 11.9. The lowest BCUT2D eigenvalue weighted by Crippen LogP contribution is -2.46. The summed E-state index contributed by atoms with van der Waals surface area (Å²) in [5, 5.41) is 2.06. The molecule has 4 heterocycles. The summed E-state index contributed by atoms with van der Waals surface area (Å²) in [5.74, 6) is 0.117. The molecule has 3 aromatic rings. The van der Waals surface area contributed by atoms with Gasteiger partial charge in [0, 0.05) is 56.9 Å². The predicted octanol–water partition coefficient (Wildman–Crippen LogP) is 4.29. The number of piperazine rings is 1. The van der Waals surface area contributed by atoms with Crippen LogP contribution >= 0.6 is 11.3 Å². The minimum Gasteiger partial charge on any atom is -0.337 e. The maximum Gasteiger partial charge on any atom is 0.274 e. The van der Waals surface area contributed by atoms with Gasteiger partial charge in [0.1, 0.15) is 0 Å². The van der Waals surface area contributed by atoms with E-state index in [1.54, 1.807) is 11.3 Å². The van der Waals surface area contributed by atoms with Crippen molar-refractivity contribution in [1.82, 2.24) is 24.1 Å². The minimum absolute atomic E-state index is 0.117. The summed E-state index contributed by atoms with van der Waals surface area (Å²) in [6.45, 7) is 5.43. The van der Waals surface area contributed by atoms with Gasteiger partial charge in [-0.2, -0.15) is 0 Å². The van der Waals surface area contributed by atoms with Crippen LogP contribution in [0.4, 0.5) is 0 Å². The van der Waals surface area contributed by atoms with Gasteiger partial charge in [-0.1, -0.05) is 49.6 Å². The van der Waals surface area contributed by atoms with Gasteiger partial charge >= 0.3 is 0 Å². The van der Waals surface area contributed by atoms with Gasteiger partial charge in [-0.3, -0.25) is 19.0 Å². The van der Waals surface area contributed by atoms with Crippen molar-refractivity contribution in [3.8, 4) is 0 Å². The molecule has 5 rings (SSSR count). The SMILES string of the molecule is CN1CCN(Cc2c(C(=O)N3CCCCCCC3)nc3sccn23)C[C@@H]1c1ccccc1. The van der Waals surface area contributed by atoms with Crippen molar-refractivity contribution in [3.05, 3.63) is 58.9 Å². The largest absolute Gasteiger partial charge is 0.337 e. The van der Waals surface area contributed by atoms with Crippen LogP contribution in [0.25, 0.3) is 4.96 Å². The standard InChI is InChI=1S/C25H33N5OS/c1-27-14-15-28(18-21(27)20-10-6-5-7-11-20)19-22-23(26-25-30(22)16-17-32-25)24(31)29-12-8-3-2-4-9-13-29/h5-7,10-11,16-17,21H,2-4,8-9,12-15,18-19H2,1H3/t21-/m1/s1. The number of carbonyl (C=O) groups excluding carboxylic acids is 1. The van der Waals surface area contributed by atoms with Crippen molar-refractivity contribution >= 4 is 22.2 Å². The van der Waals surface area contributed by atoms with Gasteiger partial charge in [0.15, 0.2) is 10.7 Å². The van der Waals surface area contributed by atoms with E-state index in [1.165, 1.54) is 24.8 Å². The highest BCUT2D eigenvalue weighted by atomic mass is 32.1. The van der Waals surface area contributed by atoms with E-state index in [4.69, 9.17) is 4.98 Å². The van der Waals surface area contributed by atoms with E-state index in [0.29, 0.717) is 11.7 Å². The van der Waals surface area contributed by atoms with Gasteiger partial charge in [-0.05, 0) is 25.5 Å². The number of fused-ring (bicyclic) bond motifs is 1. The van der Waals surface area contributed by atoms with Crippen LogP contribution in [0.15, 0.2) is 41.9 Å². The molecule has 7 heteroatoms. The summed E-state index contributed by atoms with van der Waals surface area (Å²) in [5.41, 5.74) is 3.06. The molecule has 2 aliphatic rings. The van der Waals surface area contributed by atoms with Crippen LogP contribution in [0.1, 0.15) is 59.9 Å². The molecular weight excluding hydrogens is 418 g/mol. The Morgan fingerprint density at radius 2 is 1.78 bits per heavy atom. The maximum atomic E-state index is 13.6. The van der Waals surface area contributed by atoms with Gasteiger partial charge in [0.2, 0.25) is 0 Å². The molecule has 170 valence electrons. The number of hydrogen-bond donors (Lipinski definition) is 0. The second kappa shape index (κ2) is 9.73. The summed E-state index contributed by atoms with van der Waals surface area (Å²) >= 11 is 1.61. The Morgan fingerprint density at radius 3 is 2.56 bits per heavy atom. The number of likely N-dealkylation sites (tertiary alicyclic amines) is 1. The molecule has 1 aromatic carbocycles. The quantitative estimate of drug-likeness (QED) is 0.594. The van der Waals surface area contributed by atoms with E-state index in [9.17, 15) is 4.79 Å². The molecule has 2 fully saturated rings. The van der Waals surface area contributed by atoms with Gasteiger partial charge in [-0.25, -0.2) is 4.98 Å². The molecule has 2 aliphatic heterocycles. The van der Waals surface area contributed by atoms with Crippen LogP contribution in [0, 0.1) is 0 Å². The molecule has 2 aromatic heterocycles. The van der Waals surface area contributed by atoms with E-state index >= 15 is 0 Å². The Bertz CT molecular complexity index is 1040. The number of nitrogens with zero attached hydrogens (tertiary/aromatic N) is 5. The monoisotopic (exact) mass is 451 g/mol. The fourth-order valence-electron chi connectivity index (χ4n) is 5.08. The fraction of sp³-hybridized carbons (Fsp3) is 0.520. The summed E-state index contributed by atoms with van der Waals surface area (Å²) in [7, 11) is 2.21. The number of amides is 1. The fourth-order valence-corrected chi connectivity index (χ4v) is 5.81. The van der Waals surface area contributed by atoms with Crippen LogP contribution < -0.4 is 0 Å². The molecule has 1 atom stereocenters. The summed E-state index contributed by atoms with van der Waals surface area (Å²) in [6.07, 6.45) is 7.99. The van der Waals surface area contributed by atoms with E-state index in [-0.39, 0.29) is 5.91 Å². The van der Waals surface area contributed by atoms with Crippen LogP contribution in [0.3, 0.4) is 0 Å². The highest BCUT2D eigenvalue weighted by Crippen LogP contribution is 2.27. The Kier molecular flexibility index (Phi) is 6.57. The number of likely N-dealkylation sites (N-methyl/N-ethyl adjacent to an activating group) is 1. The lowest BCUT2D eigenvalue weighted by atomic mass is 10.0. The number of thiazole rings is 1. The minimum atomic E-state index is 0.117. The summed E-state index contributed by atoms with van der Waals surface area (Å²) in [4.78, 5) is 26.3. The number of rotatable bonds is 4. The molecule has 2 saturated heterocycles. The molecule has 6 nitrogen and oxygen atoms in total. The van der Waals surface area contributed by atoms with Gasteiger partial charge in [0.25, 0.3) is 5.91 Å². The lowest BCUT2D eigenvalue weighted by Gasteiger charge is -2.39. The molecule has 0 saturated carbocycles. The average Bonchev–Trinajstić information content (AvgIpc) is 3.38. The van der Waals surface area contributed by atoms with Crippen molar-refractivity contribution in [2.45, 2.75) is 44.7 Å². The van der Waals surface area contributed by atoms with Crippen LogP contribution in [0.5, 0.6) is 0 Å². The third-order valence-electron chi connectivity index (χ3n) is 7.00. The number of aromatic nitrogens is 2. The molecular formula is C25H33N5OS. The molecule has 1 amide bonds. The first-order chi connectivity index (χ1) is 15.7. The van der Waals surface area contributed by atoms with Crippen LogP contribution in [0.2, 0.25) is 0 Å². The first-order valence-corrected chi connectivity index (χ1v) is 12.8. The average molecular weight is 452 g/mol. The predicted molar refractivity (Wildman–Crippen MR) is 129 cm³/mol. The zero-order valence-electron chi connectivity index (χ0n) is 18.9. The third kappa shape index (κ3) is 4.47. The molecule has 0 unspecified atom stereocenters. The van der Waals surface area contributed by atoms with Crippen molar-refractivity contribution in [2.75, 3.05) is 39.8 Å². The third-order valence-corrected chi connectivity index (χ3v) is 7.75. The zero-order valence-corrected chi connectivity index (χ0v) is 19.8. The number of imidazole rings is 1. The molecule has 0 radical (unpaired) electrons. The molecule has 32 heavy (non-hydrogen) atoms. The van der Waals surface area contributed by atoms with Crippen LogP contribution in [-0.2, 0) is 6.54 Å². The Hall–Kier alpha value is -2.22. The van der Waals surface area contributed by atoms with Gasteiger partial charge in [0.05, 0.1) is 5.69 Å². The number of hydrogen-bond acceptors (Lipinski definition) is 5. The van der Waals surface area contributed by atoms with Gasteiger partial charge in [-0.15, -0.1) is 11.3 Å². The lowest BCUT2D eigenvalue weighted by molar-refractivity contribution is 0.0726. The van der Waals surface area contributed by atoms with Crippen molar-refractivity contribution in [3.63, 3.8) is 0 Å². The first kappa shape index (κ1) is 21.6. The zero-order chi connectivity index (χ0) is 21.9. The summed E-state index contributed by atoms with van der Waals surface area (Å²) in [6, 6.07) is 11.1. The van der Waals surface area contributed by atoms with E-state index in [1.807, 2.05) is 4.90 Å². The molecule has 0 bridgehead atoms. The number of benzene rings is 1. The van der Waals surface area contributed by atoms with Crippen molar-refractivity contribution < 1.29 is 4.79 Å². The van der Waals surface area contributed by atoms with Crippen molar-refractivity contribution in [1.29, 1.82) is 0 Å². The second-order valence-corrected chi connectivity index (χ2v) is 10.0. The van der Waals surface area contributed by atoms with E-state index in [2.05, 4.69) is 63.2 Å². The number of carbonyl (C=O) groups is 1. The smallest absolute Gasteiger partial charge is 0.274 e. The van der Waals surface area contributed by atoms with E-state index in [0.717, 1.165) is 62.8 Å². The Balaban J connectivity index is 1.39. The Labute approximate surface area is 194 Å². The molecule has 0 N–H and O–H groups in total. The molecule has 0 aliphatic carbocycles. The van der Waals surface area contributed by atoms with Crippen molar-refractivity contribution in [2.24, 2.45) is 0 Å². The molecule has 0 spiro atoms. The highest BCUT2D eigenvalue weighted by Gasteiger charge is 2.30.